The number of amides is 1. The third-order valence-corrected chi connectivity index (χ3v) is 3.71. The fourth-order valence-corrected chi connectivity index (χ4v) is 2.49. The summed E-state index contributed by atoms with van der Waals surface area (Å²) in [5, 5.41) is 9.00. The van der Waals surface area contributed by atoms with E-state index in [1.54, 1.807) is 23.5 Å². The van der Waals surface area contributed by atoms with Gasteiger partial charge in [0.25, 0.3) is 5.91 Å². The van der Waals surface area contributed by atoms with Crippen LogP contribution in [0.3, 0.4) is 0 Å². The van der Waals surface area contributed by atoms with Gasteiger partial charge in [-0.2, -0.15) is 0 Å². The average Bonchev–Trinajstić information content (AvgIpc) is 2.83. The molecular formula is C14H18N4OS. The number of thiazole rings is 1. The molecule has 1 aromatic carbocycles. The summed E-state index contributed by atoms with van der Waals surface area (Å²) in [5.74, 6) is -0.110. The molecule has 0 aliphatic heterocycles. The Morgan fingerprint density at radius 1 is 1.45 bits per heavy atom. The summed E-state index contributed by atoms with van der Waals surface area (Å²) in [5.41, 5.74) is 8.92. The highest BCUT2D eigenvalue weighted by atomic mass is 32.1. The van der Waals surface area contributed by atoms with Gasteiger partial charge in [0.2, 0.25) is 0 Å². The molecule has 1 aromatic heterocycles. The molecule has 0 bridgehead atoms. The zero-order valence-electron chi connectivity index (χ0n) is 11.6. The number of carbonyl (C=O) groups excluding carboxylic acids is 1. The molecule has 0 spiro atoms. The lowest BCUT2D eigenvalue weighted by molar-refractivity contribution is 0.0956. The highest BCUT2D eigenvalue weighted by molar-refractivity contribution is 7.09. The van der Waals surface area contributed by atoms with Gasteiger partial charge in [0.15, 0.2) is 0 Å². The van der Waals surface area contributed by atoms with Crippen molar-refractivity contribution >= 4 is 28.6 Å². The van der Waals surface area contributed by atoms with Crippen LogP contribution in [0.25, 0.3) is 0 Å². The van der Waals surface area contributed by atoms with E-state index in [0.717, 1.165) is 16.4 Å². The minimum Gasteiger partial charge on any atom is -0.397 e. The van der Waals surface area contributed by atoms with E-state index in [2.05, 4.69) is 15.6 Å². The van der Waals surface area contributed by atoms with Crippen molar-refractivity contribution in [3.05, 3.63) is 39.8 Å². The van der Waals surface area contributed by atoms with E-state index >= 15 is 0 Å². The number of carbonyl (C=O) groups is 1. The van der Waals surface area contributed by atoms with Gasteiger partial charge in [0, 0.05) is 23.2 Å². The number of nitrogen functional groups attached to an aromatic ring is 1. The molecule has 1 heterocycles. The summed E-state index contributed by atoms with van der Waals surface area (Å²) in [6.45, 7) is 5.08. The lowest BCUT2D eigenvalue weighted by Crippen LogP contribution is -2.22. The molecule has 0 fully saturated rings. The second kappa shape index (κ2) is 6.38. The third-order valence-electron chi connectivity index (χ3n) is 2.75. The largest absolute Gasteiger partial charge is 0.397 e. The molecule has 0 atom stereocenters. The first-order chi connectivity index (χ1) is 9.60. The topological polar surface area (TPSA) is 80.0 Å². The molecule has 1 amide bonds. The summed E-state index contributed by atoms with van der Waals surface area (Å²) >= 11 is 1.61. The van der Waals surface area contributed by atoms with Crippen molar-refractivity contribution in [3.8, 4) is 0 Å². The second-order valence-corrected chi connectivity index (χ2v) is 5.34. The quantitative estimate of drug-likeness (QED) is 0.739. The molecule has 0 radical (unpaired) electrons. The smallest absolute Gasteiger partial charge is 0.251 e. The van der Waals surface area contributed by atoms with Gasteiger partial charge in [0.1, 0.15) is 5.01 Å². The number of benzene rings is 1. The second-order valence-electron chi connectivity index (χ2n) is 4.40. The summed E-state index contributed by atoms with van der Waals surface area (Å²) in [7, 11) is 0. The highest BCUT2D eigenvalue weighted by Gasteiger charge is 2.07. The van der Waals surface area contributed by atoms with Crippen LogP contribution in [0.4, 0.5) is 11.4 Å². The molecule has 2 aromatic rings. The number of hydrogen-bond acceptors (Lipinski definition) is 5. The van der Waals surface area contributed by atoms with Crippen LogP contribution in [0, 0.1) is 6.92 Å². The number of anilines is 2. The minimum atomic E-state index is -0.110. The fraction of sp³-hybridized carbons (Fsp3) is 0.286. The Bertz CT molecular complexity index is 609. The molecular weight excluding hydrogens is 272 g/mol. The molecule has 0 saturated heterocycles. The molecule has 0 aliphatic rings. The SMILES string of the molecule is CCNC(=O)c1ccc(NCc2nc(C)cs2)c(N)c1. The standard InChI is InChI=1S/C14H18N4OS/c1-3-16-14(19)10-4-5-12(11(15)6-10)17-7-13-18-9(2)8-20-13/h4-6,8,17H,3,7,15H2,1-2H3,(H,16,19). The van der Waals surface area contributed by atoms with Crippen LogP contribution in [0.2, 0.25) is 0 Å². The summed E-state index contributed by atoms with van der Waals surface area (Å²) in [6, 6.07) is 5.26. The summed E-state index contributed by atoms with van der Waals surface area (Å²) < 4.78 is 0. The van der Waals surface area contributed by atoms with Crippen LogP contribution in [-0.2, 0) is 6.54 Å². The normalized spacial score (nSPS) is 10.3. The van der Waals surface area contributed by atoms with E-state index < -0.39 is 0 Å². The van der Waals surface area contributed by atoms with Crippen LogP contribution in [-0.4, -0.2) is 17.4 Å². The van der Waals surface area contributed by atoms with Crippen LogP contribution in [0.15, 0.2) is 23.6 Å². The third kappa shape index (κ3) is 3.48. The predicted octanol–water partition coefficient (Wildman–Crippen LogP) is 2.40. The molecule has 0 aliphatic carbocycles. The zero-order chi connectivity index (χ0) is 14.5. The van der Waals surface area contributed by atoms with Crippen molar-refractivity contribution in [2.24, 2.45) is 0 Å². The first kappa shape index (κ1) is 14.3. The van der Waals surface area contributed by atoms with Crippen LogP contribution < -0.4 is 16.4 Å². The number of aryl methyl sites for hydroxylation is 1. The Morgan fingerprint density at radius 3 is 2.85 bits per heavy atom. The van der Waals surface area contributed by atoms with Gasteiger partial charge in [-0.05, 0) is 32.0 Å². The molecule has 20 heavy (non-hydrogen) atoms. The number of nitrogens with two attached hydrogens (primary N) is 1. The van der Waals surface area contributed by atoms with E-state index in [9.17, 15) is 4.79 Å². The molecule has 106 valence electrons. The van der Waals surface area contributed by atoms with Gasteiger partial charge in [-0.25, -0.2) is 4.98 Å². The maximum absolute atomic E-state index is 11.7. The van der Waals surface area contributed by atoms with Crippen molar-refractivity contribution in [2.75, 3.05) is 17.6 Å². The van der Waals surface area contributed by atoms with Crippen molar-refractivity contribution in [2.45, 2.75) is 20.4 Å². The molecule has 0 unspecified atom stereocenters. The summed E-state index contributed by atoms with van der Waals surface area (Å²) in [6.07, 6.45) is 0. The van der Waals surface area contributed by atoms with E-state index in [1.165, 1.54) is 0 Å². The van der Waals surface area contributed by atoms with Crippen molar-refractivity contribution in [1.29, 1.82) is 0 Å². The zero-order valence-corrected chi connectivity index (χ0v) is 12.4. The van der Waals surface area contributed by atoms with Gasteiger partial charge in [0.05, 0.1) is 17.9 Å². The molecule has 0 saturated carbocycles. The Morgan fingerprint density at radius 2 is 2.25 bits per heavy atom. The molecule has 5 nitrogen and oxygen atoms in total. The van der Waals surface area contributed by atoms with Crippen molar-refractivity contribution in [1.82, 2.24) is 10.3 Å². The van der Waals surface area contributed by atoms with Crippen molar-refractivity contribution < 1.29 is 4.79 Å². The fourth-order valence-electron chi connectivity index (χ4n) is 1.78. The van der Waals surface area contributed by atoms with Gasteiger partial charge >= 0.3 is 0 Å². The van der Waals surface area contributed by atoms with Gasteiger partial charge in [-0.3, -0.25) is 4.79 Å². The van der Waals surface area contributed by atoms with Crippen LogP contribution >= 0.6 is 11.3 Å². The lowest BCUT2D eigenvalue weighted by Gasteiger charge is -2.10. The maximum atomic E-state index is 11.7. The van der Waals surface area contributed by atoms with Gasteiger partial charge in [-0.1, -0.05) is 0 Å². The molecule has 2 rings (SSSR count). The van der Waals surface area contributed by atoms with Crippen molar-refractivity contribution in [3.63, 3.8) is 0 Å². The first-order valence-corrected chi connectivity index (χ1v) is 7.30. The predicted molar refractivity (Wildman–Crippen MR) is 83.0 cm³/mol. The number of rotatable bonds is 5. The lowest BCUT2D eigenvalue weighted by atomic mass is 10.1. The van der Waals surface area contributed by atoms with E-state index in [-0.39, 0.29) is 5.91 Å². The number of nitrogens with one attached hydrogen (secondary N) is 2. The Hall–Kier alpha value is -2.08. The Labute approximate surface area is 122 Å². The first-order valence-electron chi connectivity index (χ1n) is 6.42. The highest BCUT2D eigenvalue weighted by Crippen LogP contribution is 2.21. The maximum Gasteiger partial charge on any atom is 0.251 e. The summed E-state index contributed by atoms with van der Waals surface area (Å²) in [4.78, 5) is 16.1. The molecule has 6 heteroatoms. The number of hydrogen-bond donors (Lipinski definition) is 3. The van der Waals surface area contributed by atoms with Gasteiger partial charge < -0.3 is 16.4 Å². The van der Waals surface area contributed by atoms with E-state index in [0.29, 0.717) is 24.3 Å². The average molecular weight is 290 g/mol. The molecule has 4 N–H and O–H groups in total. The number of aromatic nitrogens is 1. The monoisotopic (exact) mass is 290 g/mol. The Balaban J connectivity index is 2.04. The van der Waals surface area contributed by atoms with E-state index in [4.69, 9.17) is 5.73 Å². The number of nitrogens with zero attached hydrogens (tertiary/aromatic N) is 1. The van der Waals surface area contributed by atoms with Crippen LogP contribution in [0.1, 0.15) is 28.0 Å². The van der Waals surface area contributed by atoms with E-state index in [1.807, 2.05) is 25.3 Å². The minimum absolute atomic E-state index is 0.110. The van der Waals surface area contributed by atoms with Crippen LogP contribution in [0.5, 0.6) is 0 Å². The van der Waals surface area contributed by atoms with Gasteiger partial charge in [-0.15, -0.1) is 11.3 Å². The Kier molecular flexibility index (Phi) is 4.57.